The Morgan fingerprint density at radius 2 is 1.82 bits per heavy atom. The van der Waals surface area contributed by atoms with Gasteiger partial charge in [-0.15, -0.1) is 0 Å². The molecule has 1 saturated heterocycles. The molecule has 2 aromatic carbocycles. The topological polar surface area (TPSA) is 180 Å². The van der Waals surface area contributed by atoms with Crippen molar-refractivity contribution < 1.29 is 43.2 Å². The molecule has 0 radical (unpaired) electrons. The van der Waals surface area contributed by atoms with Gasteiger partial charge >= 0.3 is 11.7 Å². The molecule has 1 aliphatic heterocycles. The van der Waals surface area contributed by atoms with Gasteiger partial charge in [0.15, 0.2) is 23.6 Å². The number of anilines is 1. The summed E-state index contributed by atoms with van der Waals surface area (Å²) in [5, 5.41) is 24.3. The quantitative estimate of drug-likeness (QED) is 0.228. The second-order valence-corrected chi connectivity index (χ2v) is 10.6. The Labute approximate surface area is 236 Å². The molecule has 0 spiro atoms. The van der Waals surface area contributed by atoms with Crippen molar-refractivity contribution in [2.45, 2.75) is 51.0 Å². The highest BCUT2D eigenvalue weighted by molar-refractivity contribution is 14.1. The van der Waals surface area contributed by atoms with Gasteiger partial charge in [0.05, 0.1) is 11.0 Å². The number of primary amides is 1. The highest BCUT2D eigenvalue weighted by Crippen LogP contribution is 2.38. The van der Waals surface area contributed by atoms with Gasteiger partial charge in [0.2, 0.25) is 6.29 Å². The standard InChI is InChI=1S/C26H27IN2O10/c1-11-15(36-24-18(31)20(38-25(28)34)21(35-4)26(2,3)39-24)10-9-14-17(30)16(23(33)37-19(11)14)29-22(32)12-5-7-13(27)8-6-12/h5-10,18,20-21,24,30-31H,1-4H3,(H2,28,34)(H,29,32)/t18-,20+,21-,24-/m1/s1. The fourth-order valence-corrected chi connectivity index (χ4v) is 4.82. The van der Waals surface area contributed by atoms with Crippen molar-refractivity contribution in [3.05, 3.63) is 61.5 Å². The molecule has 4 atom stereocenters. The van der Waals surface area contributed by atoms with Crippen molar-refractivity contribution in [1.29, 1.82) is 0 Å². The van der Waals surface area contributed by atoms with Crippen LogP contribution in [0.15, 0.2) is 45.6 Å². The van der Waals surface area contributed by atoms with Crippen LogP contribution < -0.4 is 21.4 Å². The lowest BCUT2D eigenvalue weighted by Gasteiger charge is -2.47. The number of aliphatic hydroxyl groups is 1. The summed E-state index contributed by atoms with van der Waals surface area (Å²) in [5.41, 5.74) is 3.30. The van der Waals surface area contributed by atoms with Gasteiger partial charge in [-0.05, 0) is 79.8 Å². The summed E-state index contributed by atoms with van der Waals surface area (Å²) in [6.45, 7) is 4.90. The molecule has 4 rings (SSSR count). The summed E-state index contributed by atoms with van der Waals surface area (Å²) in [6.07, 6.45) is -6.00. The van der Waals surface area contributed by atoms with E-state index >= 15 is 0 Å². The number of rotatable bonds is 6. The first kappa shape index (κ1) is 28.6. The van der Waals surface area contributed by atoms with E-state index in [9.17, 15) is 24.6 Å². The number of benzene rings is 2. The predicted molar refractivity (Wildman–Crippen MR) is 147 cm³/mol. The monoisotopic (exact) mass is 654 g/mol. The lowest BCUT2D eigenvalue weighted by molar-refractivity contribution is -0.304. The summed E-state index contributed by atoms with van der Waals surface area (Å²) in [6, 6.07) is 9.52. The first-order valence-electron chi connectivity index (χ1n) is 11.7. The average Bonchev–Trinajstić information content (AvgIpc) is 2.86. The molecule has 5 N–H and O–H groups in total. The number of carbonyl (C=O) groups is 2. The Balaban J connectivity index is 1.65. The number of aryl methyl sites for hydroxylation is 1. The van der Waals surface area contributed by atoms with Crippen LogP contribution in [0.3, 0.4) is 0 Å². The minimum absolute atomic E-state index is 0.00785. The summed E-state index contributed by atoms with van der Waals surface area (Å²) >= 11 is 2.10. The van der Waals surface area contributed by atoms with E-state index in [0.717, 1.165) is 3.57 Å². The SMILES string of the molecule is CO[C@@H]1[C@@H](OC(N)=O)[C@@H](O)[C@H](Oc2ccc3c(O)c(NC(=O)c4ccc(I)cc4)c(=O)oc3c2C)OC1(C)C. The van der Waals surface area contributed by atoms with Crippen LogP contribution in [0.25, 0.3) is 11.0 Å². The number of nitrogens with two attached hydrogens (primary N) is 1. The third-order valence-corrected chi connectivity index (χ3v) is 7.08. The summed E-state index contributed by atoms with van der Waals surface area (Å²) in [5.74, 6) is -0.935. The molecule has 0 aliphatic carbocycles. The molecule has 1 aliphatic rings. The van der Waals surface area contributed by atoms with Gasteiger partial charge in [-0.25, -0.2) is 9.59 Å². The largest absolute Gasteiger partial charge is 0.505 e. The van der Waals surface area contributed by atoms with Gasteiger partial charge in [-0.2, -0.15) is 0 Å². The van der Waals surface area contributed by atoms with Crippen LogP contribution >= 0.6 is 22.6 Å². The predicted octanol–water partition coefficient (Wildman–Crippen LogP) is 3.02. The molecule has 1 fully saturated rings. The first-order valence-corrected chi connectivity index (χ1v) is 12.8. The van der Waals surface area contributed by atoms with Crippen molar-refractivity contribution in [3.63, 3.8) is 0 Å². The molecule has 0 bridgehead atoms. The average molecular weight is 654 g/mol. The van der Waals surface area contributed by atoms with Crippen LogP contribution in [-0.2, 0) is 14.2 Å². The number of amides is 2. The van der Waals surface area contributed by atoms with Crippen molar-refractivity contribution in [2.75, 3.05) is 12.4 Å². The van der Waals surface area contributed by atoms with Gasteiger partial charge < -0.3 is 44.6 Å². The number of nitrogens with one attached hydrogen (secondary N) is 1. The molecule has 1 aromatic heterocycles. The number of aliphatic hydroxyl groups excluding tert-OH is 1. The number of carbonyl (C=O) groups excluding carboxylic acids is 2. The molecule has 208 valence electrons. The molecule has 3 aromatic rings. The second-order valence-electron chi connectivity index (χ2n) is 9.40. The number of ether oxygens (including phenoxy) is 4. The molecule has 12 nitrogen and oxygen atoms in total. The lowest BCUT2D eigenvalue weighted by atomic mass is 9.89. The van der Waals surface area contributed by atoms with E-state index < -0.39 is 59.3 Å². The molecular weight excluding hydrogens is 627 g/mol. The Bertz CT molecular complexity index is 1470. The molecular formula is C26H27IN2O10. The zero-order valence-electron chi connectivity index (χ0n) is 21.4. The number of methoxy groups -OCH3 is 1. The van der Waals surface area contributed by atoms with Gasteiger partial charge in [-0.3, -0.25) is 4.79 Å². The normalized spacial score (nSPS) is 22.3. The summed E-state index contributed by atoms with van der Waals surface area (Å²) < 4.78 is 28.7. The van der Waals surface area contributed by atoms with E-state index in [4.69, 9.17) is 29.1 Å². The van der Waals surface area contributed by atoms with Gasteiger partial charge in [0.25, 0.3) is 5.91 Å². The molecule has 0 unspecified atom stereocenters. The van der Waals surface area contributed by atoms with Gasteiger partial charge in [-0.1, -0.05) is 0 Å². The third-order valence-electron chi connectivity index (χ3n) is 6.36. The number of hydrogen-bond donors (Lipinski definition) is 4. The smallest absolute Gasteiger partial charge is 0.404 e. The maximum Gasteiger partial charge on any atom is 0.404 e. The maximum atomic E-state index is 12.8. The Morgan fingerprint density at radius 1 is 1.15 bits per heavy atom. The van der Waals surface area contributed by atoms with Crippen LogP contribution in [0.1, 0.15) is 29.8 Å². The van der Waals surface area contributed by atoms with E-state index in [1.807, 2.05) is 0 Å². The van der Waals surface area contributed by atoms with E-state index in [2.05, 4.69) is 27.9 Å². The van der Waals surface area contributed by atoms with E-state index in [1.54, 1.807) is 45.0 Å². The molecule has 0 saturated carbocycles. The number of halogens is 1. The highest BCUT2D eigenvalue weighted by Gasteiger charge is 2.53. The Hall–Kier alpha value is -3.40. The van der Waals surface area contributed by atoms with Crippen LogP contribution in [-0.4, -0.2) is 59.5 Å². The zero-order valence-corrected chi connectivity index (χ0v) is 23.5. The van der Waals surface area contributed by atoms with E-state index in [1.165, 1.54) is 19.2 Å². The van der Waals surface area contributed by atoms with Crippen molar-refractivity contribution in [1.82, 2.24) is 0 Å². The molecule has 39 heavy (non-hydrogen) atoms. The summed E-state index contributed by atoms with van der Waals surface area (Å²) in [4.78, 5) is 36.8. The van der Waals surface area contributed by atoms with E-state index in [0.29, 0.717) is 5.56 Å². The Morgan fingerprint density at radius 3 is 2.44 bits per heavy atom. The van der Waals surface area contributed by atoms with Crippen LogP contribution in [0.4, 0.5) is 10.5 Å². The minimum atomic E-state index is -1.50. The highest BCUT2D eigenvalue weighted by atomic mass is 127. The number of fused-ring (bicyclic) bond motifs is 1. The first-order chi connectivity index (χ1) is 18.3. The van der Waals surface area contributed by atoms with Crippen molar-refractivity contribution in [2.24, 2.45) is 5.73 Å². The number of aromatic hydroxyl groups is 1. The molecule has 13 heteroatoms. The maximum absolute atomic E-state index is 12.8. The van der Waals surface area contributed by atoms with Crippen molar-refractivity contribution >= 4 is 51.2 Å². The Kier molecular flexibility index (Phi) is 8.07. The molecule has 2 heterocycles. The van der Waals surface area contributed by atoms with Crippen molar-refractivity contribution in [3.8, 4) is 11.5 Å². The third kappa shape index (κ3) is 5.66. The van der Waals surface area contributed by atoms with Crippen LogP contribution in [0.2, 0.25) is 0 Å². The van der Waals surface area contributed by atoms with E-state index in [-0.39, 0.29) is 22.3 Å². The van der Waals surface area contributed by atoms with Gasteiger partial charge in [0, 0.05) is 21.8 Å². The van der Waals surface area contributed by atoms with Crippen LogP contribution in [0.5, 0.6) is 11.5 Å². The second kappa shape index (κ2) is 11.0. The lowest BCUT2D eigenvalue weighted by Crippen LogP contribution is -2.65. The number of hydrogen-bond acceptors (Lipinski definition) is 10. The fraction of sp³-hybridized carbons (Fsp3) is 0.346. The minimum Gasteiger partial charge on any atom is -0.505 e. The molecule has 2 amide bonds. The fourth-order valence-electron chi connectivity index (χ4n) is 4.46. The van der Waals surface area contributed by atoms with Gasteiger partial charge in [0.1, 0.15) is 17.4 Å². The summed E-state index contributed by atoms with van der Waals surface area (Å²) in [7, 11) is 1.38. The van der Waals surface area contributed by atoms with Crippen LogP contribution in [0, 0.1) is 10.5 Å². The zero-order chi connectivity index (χ0) is 28.6.